The van der Waals surface area contributed by atoms with Gasteiger partial charge in [-0.3, -0.25) is 14.9 Å². The number of fused-ring (bicyclic) bond motifs is 2. The van der Waals surface area contributed by atoms with E-state index in [1.165, 1.54) is 12.4 Å². The van der Waals surface area contributed by atoms with Crippen LogP contribution in [0.15, 0.2) is 30.6 Å². The maximum atomic E-state index is 14.2. The fraction of sp³-hybridized carbons (Fsp3) is 0.333. The number of hydrogen-bond donors (Lipinski definition) is 1. The van der Waals surface area contributed by atoms with E-state index in [0.717, 1.165) is 23.1 Å². The van der Waals surface area contributed by atoms with Crippen molar-refractivity contribution in [2.75, 3.05) is 18.4 Å². The average molecular weight is 429 g/mol. The fourth-order valence-corrected chi connectivity index (χ4v) is 3.63. The fourth-order valence-electron chi connectivity index (χ4n) is 3.53. The Bertz CT molecular complexity index is 998. The van der Waals surface area contributed by atoms with E-state index in [1.807, 2.05) is 0 Å². The van der Waals surface area contributed by atoms with E-state index in [1.54, 1.807) is 0 Å². The highest BCUT2D eigenvalue weighted by Gasteiger charge is 2.61. The van der Waals surface area contributed by atoms with Crippen LogP contribution in [-0.2, 0) is 16.4 Å². The van der Waals surface area contributed by atoms with Gasteiger partial charge >= 0.3 is 6.18 Å². The molecule has 2 atom stereocenters. The molecular formula is C18H13ClF4N4O2. The number of halogens is 5. The molecule has 6 nitrogen and oxygen atoms in total. The van der Waals surface area contributed by atoms with Gasteiger partial charge in [-0.1, -0.05) is 11.6 Å². The van der Waals surface area contributed by atoms with Gasteiger partial charge in [-0.25, -0.2) is 14.4 Å². The second-order valence-electron chi connectivity index (χ2n) is 7.02. The molecule has 1 N–H and O–H groups in total. The van der Waals surface area contributed by atoms with E-state index in [0.29, 0.717) is 0 Å². The number of hydrogen-bond acceptors (Lipinski definition) is 4. The van der Waals surface area contributed by atoms with Crippen LogP contribution in [0.1, 0.15) is 27.9 Å². The number of nitrogens with one attached hydrogen (secondary N) is 1. The lowest BCUT2D eigenvalue weighted by atomic mass is 9.85. The quantitative estimate of drug-likeness (QED) is 0.762. The van der Waals surface area contributed by atoms with Crippen molar-refractivity contribution >= 4 is 29.4 Å². The molecule has 2 amide bonds. The van der Waals surface area contributed by atoms with Crippen molar-refractivity contribution in [3.8, 4) is 0 Å². The lowest BCUT2D eigenvalue weighted by Crippen LogP contribution is -2.47. The zero-order valence-electron chi connectivity index (χ0n) is 14.6. The van der Waals surface area contributed by atoms with Crippen LogP contribution < -0.4 is 5.32 Å². The molecule has 2 aliphatic rings. The van der Waals surface area contributed by atoms with Crippen molar-refractivity contribution in [3.05, 3.63) is 52.3 Å². The molecule has 1 spiro atoms. The molecule has 2 unspecified atom stereocenters. The summed E-state index contributed by atoms with van der Waals surface area (Å²) in [6.45, 7) is -0.601. The zero-order valence-corrected chi connectivity index (χ0v) is 15.4. The number of anilines is 1. The van der Waals surface area contributed by atoms with Crippen LogP contribution in [0.3, 0.4) is 0 Å². The summed E-state index contributed by atoms with van der Waals surface area (Å²) >= 11 is 5.67. The van der Waals surface area contributed by atoms with Gasteiger partial charge in [0.05, 0.1) is 23.0 Å². The predicted molar refractivity (Wildman–Crippen MR) is 94.2 cm³/mol. The first-order valence-corrected chi connectivity index (χ1v) is 8.90. The minimum Gasteiger partial charge on any atom is -0.328 e. The number of carbonyl (C=O) groups is 2. The zero-order chi connectivity index (χ0) is 21.0. The van der Waals surface area contributed by atoms with Gasteiger partial charge in [0.15, 0.2) is 0 Å². The minimum absolute atomic E-state index is 0.00694. The Morgan fingerprint density at radius 2 is 1.97 bits per heavy atom. The first-order valence-electron chi connectivity index (χ1n) is 8.53. The summed E-state index contributed by atoms with van der Waals surface area (Å²) in [5, 5.41) is 2.66. The predicted octanol–water partition coefficient (Wildman–Crippen LogP) is 3.22. The minimum atomic E-state index is -4.60. The van der Waals surface area contributed by atoms with Gasteiger partial charge in [0.2, 0.25) is 11.9 Å². The smallest absolute Gasteiger partial charge is 0.328 e. The van der Waals surface area contributed by atoms with Crippen molar-refractivity contribution < 1.29 is 27.2 Å². The number of rotatable bonds is 3. The molecule has 11 heteroatoms. The van der Waals surface area contributed by atoms with Gasteiger partial charge in [-0.2, -0.15) is 13.2 Å². The molecule has 2 aromatic rings. The van der Waals surface area contributed by atoms with Crippen LogP contribution in [0, 0.1) is 0 Å². The Morgan fingerprint density at radius 3 is 2.55 bits per heavy atom. The van der Waals surface area contributed by atoms with E-state index >= 15 is 0 Å². The summed E-state index contributed by atoms with van der Waals surface area (Å²) in [5.74, 6) is -1.28. The topological polar surface area (TPSA) is 75.2 Å². The van der Waals surface area contributed by atoms with E-state index in [9.17, 15) is 27.2 Å². The highest BCUT2D eigenvalue weighted by molar-refractivity contribution is 6.30. The number of amides is 2. The highest BCUT2D eigenvalue weighted by atomic mass is 35.5. The third-order valence-electron chi connectivity index (χ3n) is 5.06. The SMILES string of the molecule is O=C(CN1CC2(CC2F)c2cc(C(F)(F)F)ccc2C1=O)Nc1ncc(Cl)cn1. The number of aromatic nitrogens is 2. The normalized spacial score (nSPS) is 23.1. The number of nitrogens with zero attached hydrogens (tertiary/aromatic N) is 3. The van der Waals surface area contributed by atoms with Gasteiger partial charge in [-0.15, -0.1) is 0 Å². The molecule has 152 valence electrons. The van der Waals surface area contributed by atoms with Crippen LogP contribution in [-0.4, -0.2) is 45.9 Å². The van der Waals surface area contributed by atoms with Crippen molar-refractivity contribution in [1.82, 2.24) is 14.9 Å². The second-order valence-corrected chi connectivity index (χ2v) is 7.46. The third-order valence-corrected chi connectivity index (χ3v) is 5.26. The molecule has 1 aromatic heterocycles. The maximum Gasteiger partial charge on any atom is 0.416 e. The summed E-state index contributed by atoms with van der Waals surface area (Å²) in [6, 6.07) is 2.66. The van der Waals surface area contributed by atoms with Crippen LogP contribution in [0.2, 0.25) is 5.02 Å². The third kappa shape index (κ3) is 3.52. The van der Waals surface area contributed by atoms with E-state index in [2.05, 4.69) is 15.3 Å². The highest BCUT2D eigenvalue weighted by Crippen LogP contribution is 2.55. The van der Waals surface area contributed by atoms with Crippen molar-refractivity contribution in [2.45, 2.75) is 24.2 Å². The van der Waals surface area contributed by atoms with Gasteiger partial charge in [-0.05, 0) is 30.2 Å². The van der Waals surface area contributed by atoms with Crippen LogP contribution in [0.25, 0.3) is 0 Å². The van der Waals surface area contributed by atoms with E-state index in [4.69, 9.17) is 11.6 Å². The molecule has 0 saturated heterocycles. The number of alkyl halides is 4. The standard InChI is InChI=1S/C18H13ClF4N4O2/c19-10-5-24-16(25-6-10)26-14(28)7-27-8-17(4-13(17)20)12-3-9(18(21,22)23)1-2-11(12)15(27)29/h1-3,5-6,13H,4,7-8H2,(H,24,25,26,28). The second kappa shape index (κ2) is 6.65. The molecule has 29 heavy (non-hydrogen) atoms. The summed E-state index contributed by atoms with van der Waals surface area (Å²) in [4.78, 5) is 33.7. The Hall–Kier alpha value is -2.75. The first-order chi connectivity index (χ1) is 13.6. The Morgan fingerprint density at radius 1 is 1.31 bits per heavy atom. The summed E-state index contributed by atoms with van der Waals surface area (Å²) < 4.78 is 53.4. The van der Waals surface area contributed by atoms with Gasteiger partial charge in [0, 0.05) is 17.5 Å². The number of carbonyl (C=O) groups excluding carboxylic acids is 2. The molecule has 1 fully saturated rings. The summed E-state index contributed by atoms with van der Waals surface area (Å²) in [6.07, 6.45) is -3.44. The van der Waals surface area contributed by atoms with Crippen LogP contribution in [0.4, 0.5) is 23.5 Å². The Balaban J connectivity index is 1.58. The molecule has 1 aromatic carbocycles. The van der Waals surface area contributed by atoms with Crippen molar-refractivity contribution in [1.29, 1.82) is 0 Å². The maximum absolute atomic E-state index is 14.2. The van der Waals surface area contributed by atoms with Crippen LogP contribution >= 0.6 is 11.6 Å². The van der Waals surface area contributed by atoms with Gasteiger partial charge in [0.1, 0.15) is 12.7 Å². The Labute approximate surface area is 166 Å². The monoisotopic (exact) mass is 428 g/mol. The largest absolute Gasteiger partial charge is 0.416 e. The summed E-state index contributed by atoms with van der Waals surface area (Å²) in [5.41, 5.74) is -2.14. The molecule has 4 rings (SSSR count). The molecule has 1 aliphatic carbocycles. The van der Waals surface area contributed by atoms with Gasteiger partial charge in [0.25, 0.3) is 5.91 Å². The Kier molecular flexibility index (Phi) is 4.49. The molecular weight excluding hydrogens is 416 g/mol. The first kappa shape index (κ1) is 19.6. The lowest BCUT2D eigenvalue weighted by molar-refractivity contribution is -0.137. The average Bonchev–Trinajstić information content (AvgIpc) is 3.30. The molecule has 0 radical (unpaired) electrons. The molecule has 1 saturated carbocycles. The van der Waals surface area contributed by atoms with Crippen LogP contribution in [0.5, 0.6) is 0 Å². The molecule has 2 heterocycles. The van der Waals surface area contributed by atoms with Gasteiger partial charge < -0.3 is 4.90 Å². The molecule has 0 bridgehead atoms. The van der Waals surface area contributed by atoms with Crippen molar-refractivity contribution in [2.24, 2.45) is 0 Å². The van der Waals surface area contributed by atoms with E-state index in [-0.39, 0.29) is 35.1 Å². The van der Waals surface area contributed by atoms with Crippen molar-refractivity contribution in [3.63, 3.8) is 0 Å². The van der Waals surface area contributed by atoms with E-state index < -0.39 is 41.7 Å². The molecule has 1 aliphatic heterocycles. The lowest BCUT2D eigenvalue weighted by Gasteiger charge is -2.34. The summed E-state index contributed by atoms with van der Waals surface area (Å²) in [7, 11) is 0. The number of benzene rings is 1.